The second-order valence-electron chi connectivity index (χ2n) is 5.57. The highest BCUT2D eigenvalue weighted by Crippen LogP contribution is 2.22. The standard InChI is InChI=1S/C19H20ClNO3/c1-4-24-19(23)16-8-7-15(11-17(16)20)21-18(22)10-14-9-12(2)5-6-13(14)3/h5-9,11H,4,10H2,1-3H3,(H,21,22). The Labute approximate surface area is 146 Å². The van der Waals surface area contributed by atoms with Gasteiger partial charge < -0.3 is 10.1 Å². The number of halogens is 1. The number of carbonyl (C=O) groups is 2. The summed E-state index contributed by atoms with van der Waals surface area (Å²) >= 11 is 6.10. The van der Waals surface area contributed by atoms with E-state index in [-0.39, 0.29) is 29.5 Å². The Hall–Kier alpha value is -2.33. The Morgan fingerprint density at radius 2 is 1.88 bits per heavy atom. The van der Waals surface area contributed by atoms with Crippen LogP contribution in [0, 0.1) is 13.8 Å². The number of ether oxygens (including phenoxy) is 1. The van der Waals surface area contributed by atoms with Crippen molar-refractivity contribution in [1.82, 2.24) is 0 Å². The molecule has 0 saturated heterocycles. The average molecular weight is 346 g/mol. The van der Waals surface area contributed by atoms with Gasteiger partial charge in [-0.15, -0.1) is 0 Å². The molecule has 2 rings (SSSR count). The van der Waals surface area contributed by atoms with Gasteiger partial charge in [0.15, 0.2) is 0 Å². The van der Waals surface area contributed by atoms with Gasteiger partial charge in [0.1, 0.15) is 0 Å². The Balaban J connectivity index is 2.08. The van der Waals surface area contributed by atoms with Gasteiger partial charge in [-0.2, -0.15) is 0 Å². The normalized spacial score (nSPS) is 10.3. The van der Waals surface area contributed by atoms with E-state index in [1.807, 2.05) is 32.0 Å². The molecule has 2 aromatic carbocycles. The fraction of sp³-hybridized carbons (Fsp3) is 0.263. The summed E-state index contributed by atoms with van der Waals surface area (Å²) in [7, 11) is 0. The lowest BCUT2D eigenvalue weighted by molar-refractivity contribution is -0.115. The minimum Gasteiger partial charge on any atom is -0.462 e. The van der Waals surface area contributed by atoms with E-state index in [1.54, 1.807) is 25.1 Å². The monoisotopic (exact) mass is 345 g/mol. The van der Waals surface area contributed by atoms with Crippen LogP contribution in [0.2, 0.25) is 5.02 Å². The summed E-state index contributed by atoms with van der Waals surface area (Å²) < 4.78 is 4.92. The van der Waals surface area contributed by atoms with Gasteiger partial charge >= 0.3 is 5.97 Å². The Morgan fingerprint density at radius 3 is 2.54 bits per heavy atom. The van der Waals surface area contributed by atoms with Gasteiger partial charge in [0.2, 0.25) is 5.91 Å². The van der Waals surface area contributed by atoms with Crippen molar-refractivity contribution in [3.05, 3.63) is 63.7 Å². The van der Waals surface area contributed by atoms with E-state index < -0.39 is 5.97 Å². The largest absolute Gasteiger partial charge is 0.462 e. The molecule has 0 aliphatic rings. The molecule has 0 unspecified atom stereocenters. The highest BCUT2D eigenvalue weighted by Gasteiger charge is 2.13. The average Bonchev–Trinajstić information content (AvgIpc) is 2.51. The van der Waals surface area contributed by atoms with Crippen molar-refractivity contribution in [2.45, 2.75) is 27.2 Å². The summed E-state index contributed by atoms with van der Waals surface area (Å²) in [6, 6.07) is 10.8. The molecule has 0 radical (unpaired) electrons. The highest BCUT2D eigenvalue weighted by molar-refractivity contribution is 6.34. The summed E-state index contributed by atoms with van der Waals surface area (Å²) in [5.41, 5.74) is 4.01. The van der Waals surface area contributed by atoms with Crippen LogP contribution in [-0.4, -0.2) is 18.5 Å². The molecule has 0 aliphatic heterocycles. The number of amides is 1. The highest BCUT2D eigenvalue weighted by atomic mass is 35.5. The fourth-order valence-electron chi connectivity index (χ4n) is 2.34. The molecule has 0 saturated carbocycles. The maximum absolute atomic E-state index is 12.2. The molecule has 2 aromatic rings. The van der Waals surface area contributed by atoms with Crippen molar-refractivity contribution in [3.8, 4) is 0 Å². The van der Waals surface area contributed by atoms with Crippen molar-refractivity contribution in [1.29, 1.82) is 0 Å². The molecule has 0 spiro atoms. The lowest BCUT2D eigenvalue weighted by Crippen LogP contribution is -2.15. The van der Waals surface area contributed by atoms with Gasteiger partial charge in [-0.05, 0) is 50.1 Å². The lowest BCUT2D eigenvalue weighted by atomic mass is 10.0. The zero-order chi connectivity index (χ0) is 17.7. The topological polar surface area (TPSA) is 55.4 Å². The van der Waals surface area contributed by atoms with Crippen LogP contribution in [0.3, 0.4) is 0 Å². The van der Waals surface area contributed by atoms with Crippen LogP contribution in [0.5, 0.6) is 0 Å². The van der Waals surface area contributed by atoms with E-state index in [1.165, 1.54) is 0 Å². The van der Waals surface area contributed by atoms with Crippen LogP contribution < -0.4 is 5.32 Å². The van der Waals surface area contributed by atoms with E-state index in [2.05, 4.69) is 5.32 Å². The molecule has 1 amide bonds. The Kier molecular flexibility index (Phi) is 5.99. The SMILES string of the molecule is CCOC(=O)c1ccc(NC(=O)Cc2cc(C)ccc2C)cc1Cl. The van der Waals surface area contributed by atoms with Crippen molar-refractivity contribution >= 4 is 29.2 Å². The minimum absolute atomic E-state index is 0.136. The van der Waals surface area contributed by atoms with Gasteiger partial charge in [-0.1, -0.05) is 35.4 Å². The molecular weight excluding hydrogens is 326 g/mol. The van der Waals surface area contributed by atoms with Crippen LogP contribution in [0.4, 0.5) is 5.69 Å². The molecule has 126 valence electrons. The summed E-state index contributed by atoms with van der Waals surface area (Å²) in [4.78, 5) is 23.9. The van der Waals surface area contributed by atoms with Crippen LogP contribution in [0.1, 0.15) is 34.0 Å². The molecule has 24 heavy (non-hydrogen) atoms. The predicted octanol–water partition coefficient (Wildman–Crippen LogP) is 4.31. The molecule has 0 atom stereocenters. The number of hydrogen-bond acceptors (Lipinski definition) is 3. The smallest absolute Gasteiger partial charge is 0.339 e. The van der Waals surface area contributed by atoms with Gasteiger partial charge in [-0.3, -0.25) is 4.79 Å². The van der Waals surface area contributed by atoms with Gasteiger partial charge in [0, 0.05) is 5.69 Å². The number of hydrogen-bond donors (Lipinski definition) is 1. The van der Waals surface area contributed by atoms with E-state index in [0.717, 1.165) is 16.7 Å². The molecule has 0 aliphatic carbocycles. The molecule has 0 heterocycles. The number of rotatable bonds is 5. The summed E-state index contributed by atoms with van der Waals surface area (Å²) in [6.45, 7) is 5.99. The summed E-state index contributed by atoms with van der Waals surface area (Å²) in [5.74, 6) is -0.612. The Bertz CT molecular complexity index is 771. The Morgan fingerprint density at radius 1 is 1.12 bits per heavy atom. The van der Waals surface area contributed by atoms with Crippen LogP contribution in [0.15, 0.2) is 36.4 Å². The first-order chi connectivity index (χ1) is 11.4. The summed E-state index contributed by atoms with van der Waals surface area (Å²) in [5, 5.41) is 3.05. The molecule has 4 nitrogen and oxygen atoms in total. The zero-order valence-corrected chi connectivity index (χ0v) is 14.7. The second kappa shape index (κ2) is 7.97. The molecule has 1 N–H and O–H groups in total. The van der Waals surface area contributed by atoms with E-state index in [9.17, 15) is 9.59 Å². The first-order valence-corrected chi connectivity index (χ1v) is 8.11. The predicted molar refractivity (Wildman–Crippen MR) is 95.7 cm³/mol. The number of nitrogens with one attached hydrogen (secondary N) is 1. The first-order valence-electron chi connectivity index (χ1n) is 7.73. The number of benzene rings is 2. The molecule has 0 fully saturated rings. The maximum Gasteiger partial charge on any atom is 0.339 e. The van der Waals surface area contributed by atoms with Gasteiger partial charge in [0.05, 0.1) is 23.6 Å². The molecule has 0 bridgehead atoms. The third-order valence-electron chi connectivity index (χ3n) is 3.60. The molecule has 5 heteroatoms. The molecule has 0 aromatic heterocycles. The van der Waals surface area contributed by atoms with E-state index >= 15 is 0 Å². The van der Waals surface area contributed by atoms with Crippen molar-refractivity contribution < 1.29 is 14.3 Å². The zero-order valence-electron chi connectivity index (χ0n) is 14.0. The minimum atomic E-state index is -0.476. The van der Waals surface area contributed by atoms with Gasteiger partial charge in [0.25, 0.3) is 0 Å². The fourth-order valence-corrected chi connectivity index (χ4v) is 2.59. The number of anilines is 1. The van der Waals surface area contributed by atoms with E-state index in [0.29, 0.717) is 5.69 Å². The first kappa shape index (κ1) is 18.0. The van der Waals surface area contributed by atoms with Crippen LogP contribution >= 0.6 is 11.6 Å². The summed E-state index contributed by atoms with van der Waals surface area (Å²) in [6.07, 6.45) is 0.283. The van der Waals surface area contributed by atoms with Crippen LogP contribution in [0.25, 0.3) is 0 Å². The second-order valence-corrected chi connectivity index (χ2v) is 5.98. The number of aryl methyl sites for hydroxylation is 2. The lowest BCUT2D eigenvalue weighted by Gasteiger charge is -2.10. The third kappa shape index (κ3) is 4.59. The quantitative estimate of drug-likeness (QED) is 0.821. The number of esters is 1. The van der Waals surface area contributed by atoms with Crippen molar-refractivity contribution in [3.63, 3.8) is 0 Å². The third-order valence-corrected chi connectivity index (χ3v) is 3.92. The molecular formula is C19H20ClNO3. The van der Waals surface area contributed by atoms with Crippen molar-refractivity contribution in [2.75, 3.05) is 11.9 Å². The number of carbonyl (C=O) groups excluding carboxylic acids is 2. The van der Waals surface area contributed by atoms with E-state index in [4.69, 9.17) is 16.3 Å². The van der Waals surface area contributed by atoms with Crippen molar-refractivity contribution in [2.24, 2.45) is 0 Å². The van der Waals surface area contributed by atoms with Crippen LogP contribution in [-0.2, 0) is 16.0 Å². The maximum atomic E-state index is 12.2. The van der Waals surface area contributed by atoms with Gasteiger partial charge in [-0.25, -0.2) is 4.79 Å².